The van der Waals surface area contributed by atoms with Crippen molar-refractivity contribution in [1.82, 2.24) is 0 Å². The number of benzene rings is 1. The van der Waals surface area contributed by atoms with Gasteiger partial charge in [-0.3, -0.25) is 0 Å². The second-order valence-corrected chi connectivity index (χ2v) is 4.25. The largest absolute Gasteiger partial charge is 1.00 e. The summed E-state index contributed by atoms with van der Waals surface area (Å²) in [6.45, 7) is 4.70. The van der Waals surface area contributed by atoms with Crippen LogP contribution in [-0.4, -0.2) is 13.1 Å². The Kier molecular flexibility index (Phi) is 5.88. The van der Waals surface area contributed by atoms with Crippen LogP contribution in [0.15, 0.2) is 24.3 Å². The fraction of sp³-hybridized carbons (Fsp3) is 0.500. The Bertz CT molecular complexity index is 305. The van der Waals surface area contributed by atoms with Gasteiger partial charge < -0.3 is 4.90 Å². The van der Waals surface area contributed by atoms with Crippen molar-refractivity contribution in [2.75, 3.05) is 18.0 Å². The van der Waals surface area contributed by atoms with E-state index in [0.29, 0.717) is 0 Å². The van der Waals surface area contributed by atoms with Crippen molar-refractivity contribution in [3.8, 4) is 0 Å². The van der Waals surface area contributed by atoms with E-state index in [-0.39, 0.29) is 18.9 Å². The molecule has 2 heteroatoms. The average Bonchev–Trinajstić information content (AvgIpc) is 2.80. The Balaban J connectivity index is 0.00000128. The van der Waals surface area contributed by atoms with Crippen LogP contribution < -0.4 is 23.8 Å². The first-order valence-electron chi connectivity index (χ1n) is 6.09. The van der Waals surface area contributed by atoms with Gasteiger partial charge in [-0.2, -0.15) is 18.1 Å². The van der Waals surface area contributed by atoms with Crippen LogP contribution in [0.4, 0.5) is 5.69 Å². The maximum atomic E-state index is 2.52. The molecule has 1 fully saturated rings. The van der Waals surface area contributed by atoms with E-state index < -0.39 is 0 Å². The second kappa shape index (κ2) is 6.94. The molecule has 1 aliphatic heterocycles. The molecule has 0 aromatic heterocycles. The molecule has 0 N–H and O–H groups in total. The Hall–Kier alpha value is -0.513. The molecular weight excluding hydrogens is 189 g/mol. The van der Waals surface area contributed by atoms with Crippen LogP contribution in [-0.2, 0) is 0 Å². The van der Waals surface area contributed by atoms with Gasteiger partial charge in [0.1, 0.15) is 0 Å². The molecule has 16 heavy (non-hydrogen) atoms. The van der Waals surface area contributed by atoms with E-state index in [0.717, 1.165) is 0 Å². The third-order valence-corrected chi connectivity index (χ3v) is 3.04. The molecule has 2 rings (SSSR count). The molecule has 1 aromatic rings. The van der Waals surface area contributed by atoms with E-state index in [1.54, 1.807) is 0 Å². The first-order chi connectivity index (χ1) is 7.42. The third kappa shape index (κ3) is 3.24. The average molecular weight is 209 g/mol. The molecule has 1 nitrogen and oxygen atoms in total. The summed E-state index contributed by atoms with van der Waals surface area (Å²) in [5, 5.41) is 0. The van der Waals surface area contributed by atoms with Gasteiger partial charge >= 0.3 is 18.9 Å². The normalized spacial score (nSPS) is 14.7. The Labute approximate surface area is 111 Å². The summed E-state index contributed by atoms with van der Waals surface area (Å²) in [5.74, 6) is 0. The molecule has 0 aliphatic carbocycles. The number of unbranched alkanes of at least 4 members (excludes halogenated alkanes) is 1. The first kappa shape index (κ1) is 13.6. The van der Waals surface area contributed by atoms with E-state index in [9.17, 15) is 0 Å². The fourth-order valence-corrected chi connectivity index (χ4v) is 2.21. The summed E-state index contributed by atoms with van der Waals surface area (Å²) >= 11 is 0. The van der Waals surface area contributed by atoms with Gasteiger partial charge in [-0.1, -0.05) is 37.6 Å². The van der Waals surface area contributed by atoms with Crippen LogP contribution in [0, 0.1) is 6.42 Å². The zero-order valence-corrected chi connectivity index (χ0v) is 10.6. The summed E-state index contributed by atoms with van der Waals surface area (Å²) in [7, 11) is 0. The fourth-order valence-electron chi connectivity index (χ4n) is 2.21. The molecule has 82 valence electrons. The molecule has 1 aliphatic rings. The van der Waals surface area contributed by atoms with Gasteiger partial charge in [-0.05, 0) is 12.8 Å². The minimum atomic E-state index is 0. The van der Waals surface area contributed by atoms with E-state index in [1.165, 1.54) is 50.0 Å². The van der Waals surface area contributed by atoms with Crippen molar-refractivity contribution in [3.05, 3.63) is 36.2 Å². The summed E-state index contributed by atoms with van der Waals surface area (Å²) < 4.78 is 0. The van der Waals surface area contributed by atoms with Crippen LogP contribution in [0.25, 0.3) is 0 Å². The maximum Gasteiger partial charge on any atom is 1.00 e. The van der Waals surface area contributed by atoms with Crippen molar-refractivity contribution in [3.63, 3.8) is 0 Å². The van der Waals surface area contributed by atoms with Gasteiger partial charge in [0.2, 0.25) is 0 Å². The summed E-state index contributed by atoms with van der Waals surface area (Å²) in [4.78, 5) is 2.52. The van der Waals surface area contributed by atoms with Crippen molar-refractivity contribution < 1.29 is 18.9 Å². The summed E-state index contributed by atoms with van der Waals surface area (Å²) in [6.07, 6.45) is 7.48. The minimum absolute atomic E-state index is 0. The number of anilines is 1. The molecule has 1 heterocycles. The van der Waals surface area contributed by atoms with Crippen LogP contribution in [0.1, 0.15) is 38.2 Å². The molecule has 0 bridgehead atoms. The van der Waals surface area contributed by atoms with Crippen molar-refractivity contribution in [2.24, 2.45) is 0 Å². The van der Waals surface area contributed by atoms with Crippen LogP contribution in [0.2, 0.25) is 0 Å². The van der Waals surface area contributed by atoms with Crippen molar-refractivity contribution in [2.45, 2.75) is 32.6 Å². The number of hydrogen-bond acceptors (Lipinski definition) is 1. The summed E-state index contributed by atoms with van der Waals surface area (Å²) in [5.41, 5.74) is 2.85. The zero-order chi connectivity index (χ0) is 10.5. The smallest absolute Gasteiger partial charge is 0.423 e. The van der Waals surface area contributed by atoms with Gasteiger partial charge in [-0.25, -0.2) is 0 Å². The second-order valence-electron chi connectivity index (χ2n) is 4.25. The Morgan fingerprint density at radius 2 is 1.88 bits per heavy atom. The van der Waals surface area contributed by atoms with E-state index >= 15 is 0 Å². The number of nitrogens with zero attached hydrogens (tertiary/aromatic N) is 1. The standard InChI is InChI=1S/C14H20N.Li/c1-2-3-8-13-9-4-5-10-14(13)15-11-6-7-12-15;/h4-5,8-10H,2-3,6-7,11-12H2,1H3;/q-1;+1. The molecule has 1 saturated heterocycles. The van der Waals surface area contributed by atoms with E-state index in [4.69, 9.17) is 0 Å². The van der Waals surface area contributed by atoms with Crippen molar-refractivity contribution in [1.29, 1.82) is 0 Å². The van der Waals surface area contributed by atoms with Crippen molar-refractivity contribution >= 4 is 5.69 Å². The molecule has 0 radical (unpaired) electrons. The van der Waals surface area contributed by atoms with Crippen LogP contribution in [0.5, 0.6) is 0 Å². The monoisotopic (exact) mass is 209 g/mol. The van der Waals surface area contributed by atoms with Gasteiger partial charge in [0.05, 0.1) is 0 Å². The molecule has 1 aromatic carbocycles. The zero-order valence-electron chi connectivity index (χ0n) is 10.6. The quantitative estimate of drug-likeness (QED) is 0.519. The van der Waals surface area contributed by atoms with E-state index in [2.05, 4.69) is 42.5 Å². The number of rotatable bonds is 4. The minimum Gasteiger partial charge on any atom is -0.423 e. The third-order valence-electron chi connectivity index (χ3n) is 3.04. The summed E-state index contributed by atoms with van der Waals surface area (Å²) in [6, 6.07) is 8.79. The predicted molar refractivity (Wildman–Crippen MR) is 66.2 cm³/mol. The van der Waals surface area contributed by atoms with Gasteiger partial charge in [0.25, 0.3) is 0 Å². The molecule has 0 amide bonds. The SMILES string of the molecule is CCC[CH-]c1ccccc1N1CCCC1.[Li+]. The van der Waals surface area contributed by atoms with Gasteiger partial charge in [-0.15, -0.1) is 6.07 Å². The molecule has 0 spiro atoms. The van der Waals surface area contributed by atoms with Crippen LogP contribution in [0.3, 0.4) is 0 Å². The predicted octanol–water partition coefficient (Wildman–Crippen LogP) is 0.643. The Morgan fingerprint density at radius 3 is 2.56 bits per heavy atom. The first-order valence-corrected chi connectivity index (χ1v) is 6.09. The van der Waals surface area contributed by atoms with Crippen LogP contribution >= 0.6 is 0 Å². The van der Waals surface area contributed by atoms with E-state index in [1.807, 2.05) is 0 Å². The molecule has 0 unspecified atom stereocenters. The number of hydrogen-bond donors (Lipinski definition) is 0. The molecule has 0 saturated carbocycles. The Morgan fingerprint density at radius 1 is 1.19 bits per heavy atom. The molecular formula is C14H20LiN. The maximum absolute atomic E-state index is 2.52. The topological polar surface area (TPSA) is 3.24 Å². The van der Waals surface area contributed by atoms with Gasteiger partial charge in [0.15, 0.2) is 0 Å². The number of para-hydroxylation sites is 1. The van der Waals surface area contributed by atoms with Gasteiger partial charge in [0, 0.05) is 13.1 Å². The molecule has 0 atom stereocenters.